The second-order valence-corrected chi connectivity index (χ2v) is 7.11. The van der Waals surface area contributed by atoms with Gasteiger partial charge >= 0.3 is 0 Å². The normalized spacial score (nSPS) is 16.3. The van der Waals surface area contributed by atoms with Gasteiger partial charge in [-0.05, 0) is 43.4 Å². The van der Waals surface area contributed by atoms with Gasteiger partial charge in [0.2, 0.25) is 10.0 Å². The molecular weight excluding hydrogens is 260 g/mol. The molecule has 0 spiro atoms. The van der Waals surface area contributed by atoms with E-state index in [0.29, 0.717) is 18.2 Å². The molecule has 1 aliphatic carbocycles. The number of aryl methyl sites for hydroxylation is 1. The summed E-state index contributed by atoms with van der Waals surface area (Å²) >= 11 is 0. The Kier molecular flexibility index (Phi) is 4.16. The molecule has 1 aliphatic rings. The minimum atomic E-state index is -3.50. The number of hydrogen-bond acceptors (Lipinski definition) is 3. The van der Waals surface area contributed by atoms with Crippen LogP contribution < -0.4 is 10.5 Å². The number of hydrogen-bond donors (Lipinski definition) is 2. The van der Waals surface area contributed by atoms with Crippen molar-refractivity contribution in [2.24, 2.45) is 5.92 Å². The molecule has 0 unspecified atom stereocenters. The smallest absolute Gasteiger partial charge is 0.242 e. The molecule has 0 bridgehead atoms. The van der Waals surface area contributed by atoms with Crippen LogP contribution in [-0.4, -0.2) is 15.0 Å². The van der Waals surface area contributed by atoms with E-state index in [9.17, 15) is 8.42 Å². The van der Waals surface area contributed by atoms with E-state index in [1.54, 1.807) is 13.0 Å². The third-order valence-corrected chi connectivity index (χ3v) is 5.71. The van der Waals surface area contributed by atoms with Crippen molar-refractivity contribution in [3.8, 4) is 0 Å². The van der Waals surface area contributed by atoms with Crippen LogP contribution in [0.5, 0.6) is 0 Å². The summed E-state index contributed by atoms with van der Waals surface area (Å²) in [6, 6.07) is 3.50. The second kappa shape index (κ2) is 5.51. The summed E-state index contributed by atoms with van der Waals surface area (Å²) in [5.41, 5.74) is 7.82. The predicted octanol–water partition coefficient (Wildman–Crippen LogP) is 2.35. The van der Waals surface area contributed by atoms with Gasteiger partial charge in [0.25, 0.3) is 0 Å². The number of nitrogens with one attached hydrogen (secondary N) is 1. The summed E-state index contributed by atoms with van der Waals surface area (Å²) in [5, 5.41) is 0. The van der Waals surface area contributed by atoms with Crippen LogP contribution in [0.2, 0.25) is 0 Å². The fraction of sp³-hybridized carbons (Fsp3) is 0.571. The maximum absolute atomic E-state index is 12.3. The average molecular weight is 282 g/mol. The summed E-state index contributed by atoms with van der Waals surface area (Å²) in [6.45, 7) is 4.19. The van der Waals surface area contributed by atoms with Crippen LogP contribution in [0.4, 0.5) is 5.69 Å². The second-order valence-electron chi connectivity index (χ2n) is 5.41. The van der Waals surface area contributed by atoms with Crippen molar-refractivity contribution in [1.82, 2.24) is 4.72 Å². The topological polar surface area (TPSA) is 72.2 Å². The van der Waals surface area contributed by atoms with E-state index in [1.807, 2.05) is 13.0 Å². The molecule has 3 N–H and O–H groups in total. The Balaban J connectivity index is 2.12. The highest BCUT2D eigenvalue weighted by Gasteiger charge is 2.22. The van der Waals surface area contributed by atoms with Crippen LogP contribution in [0.1, 0.15) is 36.8 Å². The maximum atomic E-state index is 12.3. The van der Waals surface area contributed by atoms with E-state index in [4.69, 9.17) is 5.73 Å². The van der Waals surface area contributed by atoms with E-state index in [-0.39, 0.29) is 4.90 Å². The standard InChI is InChI=1S/C14H22N2O2S/c1-10-6-7-13(15)14(11(10)2)19(17,18)16-9-8-12-4-3-5-12/h6-7,12,16H,3-5,8-9,15H2,1-2H3. The summed E-state index contributed by atoms with van der Waals surface area (Å²) in [6.07, 6.45) is 4.66. The SMILES string of the molecule is Cc1ccc(N)c(S(=O)(=O)NCCC2CCC2)c1C. The van der Waals surface area contributed by atoms with Crippen LogP contribution >= 0.6 is 0 Å². The molecule has 4 nitrogen and oxygen atoms in total. The zero-order valence-electron chi connectivity index (χ0n) is 11.6. The van der Waals surface area contributed by atoms with Gasteiger partial charge in [-0.2, -0.15) is 0 Å². The molecular formula is C14H22N2O2S. The summed E-state index contributed by atoms with van der Waals surface area (Å²) in [4.78, 5) is 0.237. The molecule has 2 rings (SSSR count). The first-order valence-corrected chi connectivity index (χ1v) is 8.25. The molecule has 1 aromatic carbocycles. The van der Waals surface area contributed by atoms with Gasteiger partial charge in [-0.1, -0.05) is 25.3 Å². The first-order chi connectivity index (χ1) is 8.92. The van der Waals surface area contributed by atoms with Gasteiger partial charge in [0.05, 0.1) is 5.69 Å². The van der Waals surface area contributed by atoms with Crippen molar-refractivity contribution in [1.29, 1.82) is 0 Å². The van der Waals surface area contributed by atoms with Gasteiger partial charge in [0.15, 0.2) is 0 Å². The molecule has 0 aromatic heterocycles. The predicted molar refractivity (Wildman–Crippen MR) is 77.5 cm³/mol. The molecule has 0 aliphatic heterocycles. The zero-order valence-corrected chi connectivity index (χ0v) is 12.4. The third kappa shape index (κ3) is 3.09. The highest BCUT2D eigenvalue weighted by atomic mass is 32.2. The fourth-order valence-electron chi connectivity index (χ4n) is 2.42. The quantitative estimate of drug-likeness (QED) is 0.814. The lowest BCUT2D eigenvalue weighted by molar-refractivity contribution is 0.297. The molecule has 106 valence electrons. The molecule has 5 heteroatoms. The zero-order chi connectivity index (χ0) is 14.0. The largest absolute Gasteiger partial charge is 0.398 e. The van der Waals surface area contributed by atoms with Crippen molar-refractivity contribution in [2.75, 3.05) is 12.3 Å². The van der Waals surface area contributed by atoms with E-state index in [0.717, 1.165) is 17.5 Å². The lowest BCUT2D eigenvalue weighted by Crippen LogP contribution is -2.28. The number of benzene rings is 1. The van der Waals surface area contributed by atoms with E-state index < -0.39 is 10.0 Å². The Hall–Kier alpha value is -1.07. The lowest BCUT2D eigenvalue weighted by Gasteiger charge is -2.25. The van der Waals surface area contributed by atoms with Gasteiger partial charge in [0.1, 0.15) is 4.90 Å². The van der Waals surface area contributed by atoms with Gasteiger partial charge in [-0.25, -0.2) is 13.1 Å². The summed E-state index contributed by atoms with van der Waals surface area (Å²) in [5.74, 6) is 0.693. The summed E-state index contributed by atoms with van der Waals surface area (Å²) < 4.78 is 27.3. The number of rotatable bonds is 5. The highest BCUT2D eigenvalue weighted by molar-refractivity contribution is 7.89. The number of nitrogens with two attached hydrogens (primary N) is 1. The Labute approximate surface area is 115 Å². The van der Waals surface area contributed by atoms with Crippen molar-refractivity contribution in [3.63, 3.8) is 0 Å². The van der Waals surface area contributed by atoms with E-state index in [2.05, 4.69) is 4.72 Å². The average Bonchev–Trinajstić information content (AvgIpc) is 2.27. The minimum Gasteiger partial charge on any atom is -0.398 e. The monoisotopic (exact) mass is 282 g/mol. The van der Waals surface area contributed by atoms with Crippen LogP contribution in [-0.2, 0) is 10.0 Å². The van der Waals surface area contributed by atoms with Crippen LogP contribution in [0.3, 0.4) is 0 Å². The van der Waals surface area contributed by atoms with Crippen molar-refractivity contribution < 1.29 is 8.42 Å². The maximum Gasteiger partial charge on any atom is 0.242 e. The minimum absolute atomic E-state index is 0.237. The molecule has 1 fully saturated rings. The van der Waals surface area contributed by atoms with Gasteiger partial charge in [-0.15, -0.1) is 0 Å². The van der Waals surface area contributed by atoms with Crippen molar-refractivity contribution >= 4 is 15.7 Å². The third-order valence-electron chi connectivity index (χ3n) is 4.05. The van der Waals surface area contributed by atoms with Gasteiger partial charge in [-0.3, -0.25) is 0 Å². The van der Waals surface area contributed by atoms with E-state index >= 15 is 0 Å². The Bertz CT molecular complexity index is 563. The lowest BCUT2D eigenvalue weighted by atomic mass is 9.83. The highest BCUT2D eigenvalue weighted by Crippen LogP contribution is 2.29. The first-order valence-electron chi connectivity index (χ1n) is 6.77. The molecule has 1 saturated carbocycles. The van der Waals surface area contributed by atoms with Gasteiger partial charge < -0.3 is 5.73 Å². The Morgan fingerprint density at radius 2 is 2.00 bits per heavy atom. The molecule has 1 aromatic rings. The Morgan fingerprint density at radius 3 is 2.58 bits per heavy atom. The Morgan fingerprint density at radius 1 is 1.32 bits per heavy atom. The molecule has 0 saturated heterocycles. The van der Waals surface area contributed by atoms with Gasteiger partial charge in [0, 0.05) is 6.54 Å². The molecule has 0 amide bonds. The van der Waals surface area contributed by atoms with Crippen LogP contribution in [0.25, 0.3) is 0 Å². The molecule has 0 heterocycles. The summed E-state index contributed by atoms with van der Waals surface area (Å²) in [7, 11) is -3.50. The van der Waals surface area contributed by atoms with Crippen LogP contribution in [0.15, 0.2) is 17.0 Å². The van der Waals surface area contributed by atoms with Crippen molar-refractivity contribution in [2.45, 2.75) is 44.4 Å². The molecule has 0 radical (unpaired) electrons. The number of nitrogen functional groups attached to an aromatic ring is 1. The number of anilines is 1. The molecule has 19 heavy (non-hydrogen) atoms. The van der Waals surface area contributed by atoms with Crippen LogP contribution in [0, 0.1) is 19.8 Å². The van der Waals surface area contributed by atoms with E-state index in [1.165, 1.54) is 19.3 Å². The number of sulfonamides is 1. The first kappa shape index (κ1) is 14.3. The molecule has 0 atom stereocenters. The van der Waals surface area contributed by atoms with Crippen molar-refractivity contribution in [3.05, 3.63) is 23.3 Å². The fourth-order valence-corrected chi connectivity index (χ4v) is 3.89.